The minimum absolute atomic E-state index is 0.0550. The Morgan fingerprint density at radius 3 is 2.80 bits per heavy atom. The van der Waals surface area contributed by atoms with Gasteiger partial charge in [-0.1, -0.05) is 0 Å². The molecule has 20 heavy (non-hydrogen) atoms. The van der Waals surface area contributed by atoms with Crippen LogP contribution in [0, 0.1) is 5.82 Å². The van der Waals surface area contributed by atoms with Gasteiger partial charge in [0.25, 0.3) is 11.8 Å². The quantitative estimate of drug-likeness (QED) is 0.601. The van der Waals surface area contributed by atoms with Crippen LogP contribution >= 0.6 is 0 Å². The summed E-state index contributed by atoms with van der Waals surface area (Å²) in [5.74, 6) is -2.02. The second kappa shape index (κ2) is 5.28. The van der Waals surface area contributed by atoms with E-state index >= 15 is 0 Å². The summed E-state index contributed by atoms with van der Waals surface area (Å²) < 4.78 is 13.3. The third kappa shape index (κ3) is 2.61. The minimum Gasteiger partial charge on any atom is -0.396 e. The zero-order valence-electron chi connectivity index (χ0n) is 10.9. The topological polar surface area (TPSA) is 92.5 Å². The van der Waals surface area contributed by atoms with E-state index in [0.29, 0.717) is 0 Å². The Kier molecular flexibility index (Phi) is 3.69. The van der Waals surface area contributed by atoms with Crippen LogP contribution in [0.1, 0.15) is 23.2 Å². The highest BCUT2D eigenvalue weighted by atomic mass is 19.1. The van der Waals surface area contributed by atoms with Crippen LogP contribution in [0.3, 0.4) is 0 Å². The SMILES string of the molecule is CN1C(=O)CCC(NC(=O)c2ccc(N)c(F)c2)C1=O. The van der Waals surface area contributed by atoms with E-state index < -0.39 is 23.7 Å². The molecule has 1 aliphatic rings. The molecule has 0 aromatic heterocycles. The number of rotatable bonds is 2. The average Bonchev–Trinajstić information content (AvgIpc) is 2.42. The number of hydrogen-bond donors (Lipinski definition) is 2. The number of nitrogens with one attached hydrogen (secondary N) is 1. The van der Waals surface area contributed by atoms with Gasteiger partial charge in [-0.2, -0.15) is 0 Å². The van der Waals surface area contributed by atoms with E-state index in [1.54, 1.807) is 0 Å². The van der Waals surface area contributed by atoms with Crippen molar-refractivity contribution in [1.29, 1.82) is 0 Å². The lowest BCUT2D eigenvalue weighted by Gasteiger charge is -2.28. The van der Waals surface area contributed by atoms with Gasteiger partial charge in [0.1, 0.15) is 11.9 Å². The second-order valence-corrected chi connectivity index (χ2v) is 4.59. The number of benzene rings is 1. The van der Waals surface area contributed by atoms with Crippen LogP contribution in [0.2, 0.25) is 0 Å². The molecule has 1 atom stereocenters. The number of piperidine rings is 1. The number of nitrogens with zero attached hydrogens (tertiary/aromatic N) is 1. The maximum absolute atomic E-state index is 13.3. The van der Waals surface area contributed by atoms with E-state index in [-0.39, 0.29) is 30.0 Å². The lowest BCUT2D eigenvalue weighted by Crippen LogP contribution is -2.52. The number of imide groups is 1. The molecule has 106 valence electrons. The molecular formula is C13H14FN3O3. The van der Waals surface area contributed by atoms with Gasteiger partial charge < -0.3 is 11.1 Å². The van der Waals surface area contributed by atoms with Crippen LogP contribution in [-0.4, -0.2) is 35.7 Å². The predicted octanol–water partition coefficient (Wildman–Crippen LogP) is 0.285. The Hall–Kier alpha value is -2.44. The maximum atomic E-state index is 13.3. The smallest absolute Gasteiger partial charge is 0.252 e. The zero-order valence-corrected chi connectivity index (χ0v) is 10.9. The number of nitrogen functional groups attached to an aromatic ring is 1. The molecule has 3 N–H and O–H groups in total. The summed E-state index contributed by atoms with van der Waals surface area (Å²) in [6.45, 7) is 0. The van der Waals surface area contributed by atoms with Gasteiger partial charge in [0.05, 0.1) is 5.69 Å². The summed E-state index contributed by atoms with van der Waals surface area (Å²) in [4.78, 5) is 36.1. The molecule has 1 saturated heterocycles. The van der Waals surface area contributed by atoms with Gasteiger partial charge in [-0.25, -0.2) is 4.39 Å². The first-order chi connectivity index (χ1) is 9.40. The molecule has 0 radical (unpaired) electrons. The standard InChI is InChI=1S/C13H14FN3O3/c1-17-11(18)5-4-10(13(17)20)16-12(19)7-2-3-9(15)8(14)6-7/h2-3,6,10H,4-5,15H2,1H3,(H,16,19). The number of hydrogen-bond acceptors (Lipinski definition) is 4. The largest absolute Gasteiger partial charge is 0.396 e. The third-order valence-corrected chi connectivity index (χ3v) is 3.22. The first kappa shape index (κ1) is 14.0. The van der Waals surface area contributed by atoms with E-state index in [1.165, 1.54) is 19.2 Å². The van der Waals surface area contributed by atoms with Crippen molar-refractivity contribution in [3.05, 3.63) is 29.6 Å². The van der Waals surface area contributed by atoms with Gasteiger partial charge >= 0.3 is 0 Å². The number of amides is 3. The van der Waals surface area contributed by atoms with E-state index in [4.69, 9.17) is 5.73 Å². The fourth-order valence-corrected chi connectivity index (χ4v) is 1.96. The summed E-state index contributed by atoms with van der Waals surface area (Å²) in [6.07, 6.45) is 0.425. The van der Waals surface area contributed by atoms with Crippen molar-refractivity contribution in [2.45, 2.75) is 18.9 Å². The lowest BCUT2D eigenvalue weighted by molar-refractivity contribution is -0.147. The normalized spacial score (nSPS) is 19.1. The maximum Gasteiger partial charge on any atom is 0.252 e. The number of halogens is 1. The molecule has 0 bridgehead atoms. The van der Waals surface area contributed by atoms with Gasteiger partial charge in [-0.3, -0.25) is 19.3 Å². The number of likely N-dealkylation sites (tertiary alicyclic amines) is 1. The molecule has 1 aromatic rings. The van der Waals surface area contributed by atoms with Gasteiger partial charge in [0.15, 0.2) is 0 Å². The first-order valence-corrected chi connectivity index (χ1v) is 6.06. The molecule has 0 aliphatic carbocycles. The molecule has 1 aromatic carbocycles. The number of carbonyl (C=O) groups is 3. The molecule has 1 unspecified atom stereocenters. The van der Waals surface area contributed by atoms with Gasteiger partial charge in [0, 0.05) is 19.0 Å². The van der Waals surface area contributed by atoms with Crippen molar-refractivity contribution in [3.63, 3.8) is 0 Å². The highest BCUT2D eigenvalue weighted by molar-refractivity contribution is 6.03. The fraction of sp³-hybridized carbons (Fsp3) is 0.308. The summed E-state index contributed by atoms with van der Waals surface area (Å²) >= 11 is 0. The summed E-state index contributed by atoms with van der Waals surface area (Å²) in [7, 11) is 1.37. The molecule has 1 fully saturated rings. The monoisotopic (exact) mass is 279 g/mol. The number of nitrogens with two attached hydrogens (primary N) is 1. The highest BCUT2D eigenvalue weighted by Gasteiger charge is 2.32. The lowest BCUT2D eigenvalue weighted by atomic mass is 10.0. The van der Waals surface area contributed by atoms with E-state index in [0.717, 1.165) is 11.0 Å². The molecule has 3 amide bonds. The fourth-order valence-electron chi connectivity index (χ4n) is 1.96. The minimum atomic E-state index is -0.772. The van der Waals surface area contributed by atoms with E-state index in [9.17, 15) is 18.8 Å². The highest BCUT2D eigenvalue weighted by Crippen LogP contribution is 2.14. The van der Waals surface area contributed by atoms with Crippen molar-refractivity contribution < 1.29 is 18.8 Å². The Balaban J connectivity index is 2.09. The van der Waals surface area contributed by atoms with Crippen LogP contribution in [-0.2, 0) is 9.59 Å². The van der Waals surface area contributed by atoms with E-state index in [1.807, 2.05) is 0 Å². The molecule has 7 heteroatoms. The zero-order chi connectivity index (χ0) is 14.9. The molecule has 2 rings (SSSR count). The summed E-state index contributed by atoms with van der Waals surface area (Å²) in [5, 5.41) is 2.49. The van der Waals surface area contributed by atoms with Crippen molar-refractivity contribution >= 4 is 23.4 Å². The van der Waals surface area contributed by atoms with Crippen molar-refractivity contribution in [2.75, 3.05) is 12.8 Å². The molecule has 0 spiro atoms. The van der Waals surface area contributed by atoms with Crippen LogP contribution in [0.4, 0.5) is 10.1 Å². The van der Waals surface area contributed by atoms with E-state index in [2.05, 4.69) is 5.32 Å². The molecule has 1 aliphatic heterocycles. The summed E-state index contributed by atoms with van der Waals surface area (Å²) in [6, 6.07) is 2.89. The van der Waals surface area contributed by atoms with Crippen molar-refractivity contribution in [1.82, 2.24) is 10.2 Å². The number of anilines is 1. The second-order valence-electron chi connectivity index (χ2n) is 4.59. The van der Waals surface area contributed by atoms with Gasteiger partial charge in [-0.15, -0.1) is 0 Å². The Bertz CT molecular complexity index is 588. The Morgan fingerprint density at radius 1 is 1.45 bits per heavy atom. The molecule has 0 saturated carbocycles. The number of carbonyl (C=O) groups excluding carboxylic acids is 3. The number of likely N-dealkylation sites (N-methyl/N-ethyl adjacent to an activating group) is 1. The molecule has 6 nitrogen and oxygen atoms in total. The molecular weight excluding hydrogens is 265 g/mol. The summed E-state index contributed by atoms with van der Waals surface area (Å²) in [5.41, 5.74) is 5.34. The molecule has 1 heterocycles. The Morgan fingerprint density at radius 2 is 2.15 bits per heavy atom. The first-order valence-electron chi connectivity index (χ1n) is 6.06. The van der Waals surface area contributed by atoms with Crippen molar-refractivity contribution in [3.8, 4) is 0 Å². The predicted molar refractivity (Wildman–Crippen MR) is 69.1 cm³/mol. The van der Waals surface area contributed by atoms with Crippen LogP contribution in [0.25, 0.3) is 0 Å². The van der Waals surface area contributed by atoms with Gasteiger partial charge in [0.2, 0.25) is 5.91 Å². The van der Waals surface area contributed by atoms with Crippen LogP contribution in [0.5, 0.6) is 0 Å². The Labute approximate surface area is 114 Å². The van der Waals surface area contributed by atoms with Crippen LogP contribution < -0.4 is 11.1 Å². The van der Waals surface area contributed by atoms with Crippen molar-refractivity contribution in [2.24, 2.45) is 0 Å². The van der Waals surface area contributed by atoms with Crippen LogP contribution in [0.15, 0.2) is 18.2 Å². The third-order valence-electron chi connectivity index (χ3n) is 3.22. The average molecular weight is 279 g/mol. The van der Waals surface area contributed by atoms with Gasteiger partial charge in [-0.05, 0) is 24.6 Å².